The lowest BCUT2D eigenvalue weighted by Crippen LogP contribution is -2.71. The average Bonchev–Trinajstić information content (AvgIpc) is 2.60. The molecule has 1 aliphatic heterocycles. The van der Waals surface area contributed by atoms with Crippen molar-refractivity contribution in [1.82, 2.24) is 4.90 Å². The maximum absolute atomic E-state index is 12.6. The SMILES string of the molecule is CCC(=O)C(C(=O)OCc1ccc([N+](=O)[O-])cc1)N1C(=O)CC1[N+](C)(C)C. The molecule has 0 saturated carbocycles. The van der Waals surface area contributed by atoms with Crippen molar-refractivity contribution in [2.45, 2.75) is 38.6 Å². The number of nitro groups is 1. The van der Waals surface area contributed by atoms with Gasteiger partial charge in [0.25, 0.3) is 5.69 Å². The molecule has 0 N–H and O–H groups in total. The topological polar surface area (TPSA) is 107 Å². The molecule has 1 fully saturated rings. The van der Waals surface area contributed by atoms with Crippen LogP contribution < -0.4 is 0 Å². The Morgan fingerprint density at radius 3 is 2.33 bits per heavy atom. The van der Waals surface area contributed by atoms with E-state index in [1.54, 1.807) is 6.92 Å². The van der Waals surface area contributed by atoms with Crippen LogP contribution in [0, 0.1) is 10.1 Å². The summed E-state index contributed by atoms with van der Waals surface area (Å²) in [5, 5.41) is 10.7. The number of carbonyl (C=O) groups is 3. The molecule has 1 aromatic rings. The quantitative estimate of drug-likeness (QED) is 0.168. The van der Waals surface area contributed by atoms with Crippen LogP contribution in [0.5, 0.6) is 0 Å². The summed E-state index contributed by atoms with van der Waals surface area (Å²) in [4.78, 5) is 48.5. The van der Waals surface area contributed by atoms with Gasteiger partial charge in [0.15, 0.2) is 18.0 Å². The predicted octanol–water partition coefficient (Wildman–Crippen LogP) is 1.25. The van der Waals surface area contributed by atoms with Crippen LogP contribution in [0.2, 0.25) is 0 Å². The van der Waals surface area contributed by atoms with Crippen LogP contribution in [0.25, 0.3) is 0 Å². The number of hydrogen-bond acceptors (Lipinski definition) is 6. The summed E-state index contributed by atoms with van der Waals surface area (Å²) in [6.45, 7) is 1.49. The monoisotopic (exact) mass is 378 g/mol. The van der Waals surface area contributed by atoms with Crippen molar-refractivity contribution in [3.05, 3.63) is 39.9 Å². The number of esters is 1. The highest BCUT2D eigenvalue weighted by molar-refractivity contribution is 6.06. The van der Waals surface area contributed by atoms with Gasteiger partial charge >= 0.3 is 5.97 Å². The zero-order valence-electron chi connectivity index (χ0n) is 15.9. The van der Waals surface area contributed by atoms with E-state index in [-0.39, 0.29) is 43.0 Å². The molecule has 9 heteroatoms. The molecule has 27 heavy (non-hydrogen) atoms. The normalized spacial score (nSPS) is 17.9. The molecule has 1 amide bonds. The van der Waals surface area contributed by atoms with E-state index in [0.29, 0.717) is 10.0 Å². The van der Waals surface area contributed by atoms with E-state index in [1.807, 2.05) is 21.1 Å². The van der Waals surface area contributed by atoms with Crippen molar-refractivity contribution in [2.75, 3.05) is 21.1 Å². The Kier molecular flexibility index (Phi) is 5.94. The Morgan fingerprint density at radius 2 is 1.89 bits per heavy atom. The first-order valence-corrected chi connectivity index (χ1v) is 8.61. The molecular formula is C18H24N3O6+. The first-order valence-electron chi connectivity index (χ1n) is 8.61. The van der Waals surface area contributed by atoms with Crippen molar-refractivity contribution >= 4 is 23.3 Å². The lowest BCUT2D eigenvalue weighted by atomic mass is 9.99. The Hall–Kier alpha value is -2.81. The van der Waals surface area contributed by atoms with Gasteiger partial charge in [-0.25, -0.2) is 4.79 Å². The van der Waals surface area contributed by atoms with Gasteiger partial charge in [0, 0.05) is 18.6 Å². The number of benzene rings is 1. The molecule has 2 rings (SSSR count). The Labute approximate surface area is 157 Å². The molecule has 0 radical (unpaired) electrons. The van der Waals surface area contributed by atoms with Gasteiger partial charge in [-0.15, -0.1) is 0 Å². The maximum atomic E-state index is 12.6. The van der Waals surface area contributed by atoms with E-state index in [2.05, 4.69) is 0 Å². The van der Waals surface area contributed by atoms with E-state index in [4.69, 9.17) is 4.74 Å². The third-order valence-corrected chi connectivity index (χ3v) is 4.54. The number of β-lactam (4-membered cyclic amide) rings is 1. The van der Waals surface area contributed by atoms with Gasteiger partial charge in [-0.3, -0.25) is 24.6 Å². The molecule has 0 aromatic heterocycles. The summed E-state index contributed by atoms with van der Waals surface area (Å²) in [7, 11) is 5.67. The van der Waals surface area contributed by atoms with E-state index in [9.17, 15) is 24.5 Å². The van der Waals surface area contributed by atoms with Gasteiger partial charge in [-0.05, 0) is 17.7 Å². The van der Waals surface area contributed by atoms with Gasteiger partial charge in [-0.2, -0.15) is 0 Å². The van der Waals surface area contributed by atoms with Crippen LogP contribution >= 0.6 is 0 Å². The zero-order valence-corrected chi connectivity index (χ0v) is 15.9. The highest BCUT2D eigenvalue weighted by atomic mass is 16.6. The lowest BCUT2D eigenvalue weighted by molar-refractivity contribution is -0.910. The van der Waals surface area contributed by atoms with E-state index >= 15 is 0 Å². The van der Waals surface area contributed by atoms with Crippen LogP contribution in [0.3, 0.4) is 0 Å². The van der Waals surface area contributed by atoms with Gasteiger partial charge < -0.3 is 9.22 Å². The summed E-state index contributed by atoms with van der Waals surface area (Å²) >= 11 is 0. The molecule has 1 heterocycles. The minimum absolute atomic E-state index is 0.0684. The Morgan fingerprint density at radius 1 is 1.30 bits per heavy atom. The summed E-state index contributed by atoms with van der Waals surface area (Å²) in [5.74, 6) is -1.42. The van der Waals surface area contributed by atoms with Crippen LogP contribution in [0.15, 0.2) is 24.3 Å². The first-order chi connectivity index (χ1) is 12.6. The summed E-state index contributed by atoms with van der Waals surface area (Å²) < 4.78 is 5.66. The Bertz CT molecular complexity index is 753. The van der Waals surface area contributed by atoms with Crippen LogP contribution in [0.1, 0.15) is 25.3 Å². The van der Waals surface area contributed by atoms with E-state index in [0.717, 1.165) is 0 Å². The minimum atomic E-state index is -1.27. The third-order valence-electron chi connectivity index (χ3n) is 4.54. The van der Waals surface area contributed by atoms with Crippen molar-refractivity contribution in [3.63, 3.8) is 0 Å². The average molecular weight is 378 g/mol. The molecule has 2 atom stereocenters. The summed E-state index contributed by atoms with van der Waals surface area (Å²) in [6.07, 6.45) is 0.0994. The summed E-state index contributed by atoms with van der Waals surface area (Å²) in [5.41, 5.74) is 0.482. The number of hydrogen-bond donors (Lipinski definition) is 0. The molecule has 1 saturated heterocycles. The molecule has 0 spiro atoms. The number of likely N-dealkylation sites (tertiary alicyclic amines) is 1. The predicted molar refractivity (Wildman–Crippen MR) is 95.3 cm³/mol. The van der Waals surface area contributed by atoms with Crippen LogP contribution in [-0.2, 0) is 25.7 Å². The number of ketones is 1. The number of quaternary nitrogens is 1. The standard InChI is InChI=1S/C18H24N3O6/c1-5-14(22)17(19-15(10-16(19)23)21(2,3)4)18(24)27-11-12-6-8-13(9-7-12)20(25)26/h6-9,15,17H,5,10-11H2,1-4H3/q+1. The fourth-order valence-electron chi connectivity index (χ4n) is 2.92. The number of Topliss-reactive ketones (excluding diaryl/α,β-unsaturated/α-hetero) is 1. The largest absolute Gasteiger partial charge is 0.459 e. The van der Waals surface area contributed by atoms with E-state index < -0.39 is 16.9 Å². The number of nitrogens with zero attached hydrogens (tertiary/aromatic N) is 3. The number of nitro benzene ring substituents is 1. The molecule has 1 aromatic carbocycles. The molecule has 2 unspecified atom stereocenters. The number of ether oxygens (including phenoxy) is 1. The maximum Gasteiger partial charge on any atom is 0.337 e. The first kappa shape index (κ1) is 20.5. The molecule has 1 aliphatic rings. The number of rotatable bonds is 8. The molecule has 9 nitrogen and oxygen atoms in total. The van der Waals surface area contributed by atoms with Gasteiger partial charge in [0.2, 0.25) is 5.91 Å². The summed E-state index contributed by atoms with van der Waals surface area (Å²) in [6, 6.07) is 4.31. The van der Waals surface area contributed by atoms with Gasteiger partial charge in [-0.1, -0.05) is 6.92 Å². The third kappa shape index (κ3) is 4.48. The molecule has 146 valence electrons. The highest BCUT2D eigenvalue weighted by Gasteiger charge is 2.53. The fourth-order valence-corrected chi connectivity index (χ4v) is 2.92. The molecular weight excluding hydrogens is 354 g/mol. The second-order valence-electron chi connectivity index (χ2n) is 7.36. The number of amides is 1. The molecule has 0 bridgehead atoms. The van der Waals surface area contributed by atoms with Gasteiger partial charge in [0.05, 0.1) is 32.5 Å². The Balaban J connectivity index is 2.12. The van der Waals surface area contributed by atoms with E-state index in [1.165, 1.54) is 29.2 Å². The van der Waals surface area contributed by atoms with Crippen molar-refractivity contribution in [1.29, 1.82) is 0 Å². The van der Waals surface area contributed by atoms with Crippen LogP contribution in [0.4, 0.5) is 5.69 Å². The second kappa shape index (κ2) is 7.83. The van der Waals surface area contributed by atoms with Crippen molar-refractivity contribution < 1.29 is 28.5 Å². The molecule has 0 aliphatic carbocycles. The van der Waals surface area contributed by atoms with Gasteiger partial charge in [0.1, 0.15) is 6.61 Å². The minimum Gasteiger partial charge on any atom is -0.459 e. The lowest BCUT2D eigenvalue weighted by Gasteiger charge is -2.49. The van der Waals surface area contributed by atoms with Crippen molar-refractivity contribution in [2.24, 2.45) is 0 Å². The fraction of sp³-hybridized carbons (Fsp3) is 0.500. The second-order valence-corrected chi connectivity index (χ2v) is 7.36. The number of non-ortho nitro benzene ring substituents is 1. The smallest absolute Gasteiger partial charge is 0.337 e. The van der Waals surface area contributed by atoms with Crippen LogP contribution in [-0.4, -0.2) is 65.3 Å². The number of carbonyl (C=O) groups excluding carboxylic acids is 3. The zero-order chi connectivity index (χ0) is 20.4. The highest BCUT2D eigenvalue weighted by Crippen LogP contribution is 2.29. The van der Waals surface area contributed by atoms with Crippen molar-refractivity contribution in [3.8, 4) is 0 Å².